The summed E-state index contributed by atoms with van der Waals surface area (Å²) in [5.74, 6) is 0.977. The third-order valence-electron chi connectivity index (χ3n) is 8.03. The number of para-hydroxylation sites is 4. The molecular weight excluding hydrogens is 674 g/mol. The van der Waals surface area contributed by atoms with Crippen LogP contribution in [0.25, 0.3) is 43.9 Å². The van der Waals surface area contributed by atoms with Gasteiger partial charge < -0.3 is 35.3 Å². The summed E-state index contributed by atoms with van der Waals surface area (Å²) in [5, 5.41) is 3.48. The van der Waals surface area contributed by atoms with Crippen molar-refractivity contribution in [2.24, 2.45) is 0 Å². The smallest absolute Gasteiger partial charge is 0.453 e. The molecule has 0 aliphatic rings. The zero-order chi connectivity index (χ0) is 34.0. The van der Waals surface area contributed by atoms with Crippen LogP contribution in [-0.4, -0.2) is 20.0 Å². The van der Waals surface area contributed by atoms with E-state index in [0.29, 0.717) is 33.8 Å². The quantitative estimate of drug-likeness (QED) is 0.143. The lowest BCUT2D eigenvalue weighted by Crippen LogP contribution is -2.05. The van der Waals surface area contributed by atoms with Crippen molar-refractivity contribution in [3.05, 3.63) is 145 Å². The molecule has 0 aliphatic heterocycles. The van der Waals surface area contributed by atoms with Crippen molar-refractivity contribution < 1.29 is 40.1 Å². The van der Waals surface area contributed by atoms with Gasteiger partial charge in [-0.15, -0.1) is 0 Å². The largest absolute Gasteiger partial charge is 0.497 e. The Hall–Kier alpha value is -6.01. The fourth-order valence-electron chi connectivity index (χ4n) is 5.60. The Kier molecular flexibility index (Phi) is 8.43. The average Bonchev–Trinajstić information content (AvgIpc) is 3.41. The molecule has 248 valence electrons. The summed E-state index contributed by atoms with van der Waals surface area (Å²) in [5.41, 5.74) is 2.84. The Morgan fingerprint density at radius 2 is 0.780 bits per heavy atom. The molecule has 8 aromatic rings. The lowest BCUT2D eigenvalue weighted by molar-refractivity contribution is 0.103. The predicted octanol–water partition coefficient (Wildman–Crippen LogP) is 11.8. The number of carbonyl (C=O) groups is 1. The molecule has 0 saturated carbocycles. The van der Waals surface area contributed by atoms with Crippen LogP contribution in [0.2, 0.25) is 0 Å². The Labute approximate surface area is 287 Å². The summed E-state index contributed by atoms with van der Waals surface area (Å²) in [7, 11) is -1.03. The minimum atomic E-state index is -2.05. The van der Waals surface area contributed by atoms with Crippen molar-refractivity contribution in [3.63, 3.8) is 0 Å². The highest BCUT2D eigenvalue weighted by Crippen LogP contribution is 2.43. The van der Waals surface area contributed by atoms with Crippen LogP contribution in [-0.2, 0) is 0 Å². The number of benzene rings is 6. The molecule has 2 heterocycles. The lowest BCUT2D eigenvalue weighted by atomic mass is 10.0. The Morgan fingerprint density at radius 1 is 0.460 bits per heavy atom. The standard InChI is InChI=1S/C39H28O9P2/c1-41-25-19-21-31(37(23-25)47-49-43-33-15-7-3-11-27(33)28-12-4-8-16-34(28)44-49)39(40)32-22-20-26(42-2)24-38(32)48-50-45-35-17-9-5-13-29(35)30-14-6-10-18-36(30)46-50/h3-24H,1-2H3. The predicted molar refractivity (Wildman–Crippen MR) is 194 cm³/mol. The Morgan fingerprint density at radius 3 is 1.10 bits per heavy atom. The average molecular weight is 703 g/mol. The van der Waals surface area contributed by atoms with E-state index in [-0.39, 0.29) is 22.6 Å². The highest BCUT2D eigenvalue weighted by atomic mass is 31.1. The van der Waals surface area contributed by atoms with Gasteiger partial charge in [-0.2, -0.15) is 0 Å². The third kappa shape index (κ3) is 6.05. The molecule has 0 bridgehead atoms. The fraction of sp³-hybridized carbons (Fsp3) is 0.0513. The van der Waals surface area contributed by atoms with Gasteiger partial charge in [-0.25, -0.2) is 0 Å². The van der Waals surface area contributed by atoms with Crippen molar-refractivity contribution in [1.82, 2.24) is 0 Å². The molecule has 9 nitrogen and oxygen atoms in total. The minimum Gasteiger partial charge on any atom is -0.497 e. The zero-order valence-corrected chi connectivity index (χ0v) is 28.6. The van der Waals surface area contributed by atoms with Crippen LogP contribution in [0.3, 0.4) is 0 Å². The van der Waals surface area contributed by atoms with Gasteiger partial charge in [0, 0.05) is 33.7 Å². The number of rotatable bonds is 8. The molecule has 11 heteroatoms. The molecule has 0 spiro atoms. The van der Waals surface area contributed by atoms with Gasteiger partial charge in [0.05, 0.1) is 25.3 Å². The molecule has 0 fully saturated rings. The minimum absolute atomic E-state index is 0.203. The molecule has 0 aliphatic carbocycles. The maximum atomic E-state index is 14.5. The molecule has 0 amide bonds. The van der Waals surface area contributed by atoms with E-state index in [2.05, 4.69) is 0 Å². The Balaban J connectivity index is 1.24. The zero-order valence-electron chi connectivity index (χ0n) is 26.8. The van der Waals surface area contributed by atoms with Crippen molar-refractivity contribution in [3.8, 4) is 23.0 Å². The van der Waals surface area contributed by atoms with Gasteiger partial charge in [0.1, 0.15) is 33.8 Å². The van der Waals surface area contributed by atoms with E-state index in [1.165, 1.54) is 14.2 Å². The first-order valence-corrected chi connectivity index (χ1v) is 17.7. The van der Waals surface area contributed by atoms with Crippen molar-refractivity contribution in [2.75, 3.05) is 14.2 Å². The SMILES string of the molecule is COc1ccc(C(=O)c2ccc(OC)cc2Op2oc3ccccc3c3ccccc3o2)c(Op2oc3ccccc3c3ccccc3o2)c1. The molecular formula is C39H28O9P2. The number of fused-ring (bicyclic) bond motifs is 6. The number of hydrogen-bond acceptors (Lipinski definition) is 9. The number of ketones is 1. The molecule has 2 aromatic heterocycles. The maximum absolute atomic E-state index is 14.5. The molecule has 6 aromatic carbocycles. The normalized spacial score (nSPS) is 11.1. The van der Waals surface area contributed by atoms with E-state index >= 15 is 0 Å². The van der Waals surface area contributed by atoms with Gasteiger partial charge >= 0.3 is 16.5 Å². The van der Waals surface area contributed by atoms with E-state index in [1.807, 2.05) is 97.1 Å². The van der Waals surface area contributed by atoms with E-state index in [4.69, 9.17) is 35.3 Å². The first-order chi connectivity index (χ1) is 24.6. The molecule has 50 heavy (non-hydrogen) atoms. The monoisotopic (exact) mass is 702 g/mol. The molecule has 0 unspecified atom stereocenters. The van der Waals surface area contributed by atoms with Gasteiger partial charge in [-0.3, -0.25) is 4.79 Å². The number of carbonyl (C=O) groups excluding carboxylic acids is 1. The second-order valence-corrected chi connectivity index (χ2v) is 13.0. The molecule has 0 radical (unpaired) electrons. The van der Waals surface area contributed by atoms with Gasteiger partial charge in [0.25, 0.3) is 0 Å². The topological polar surface area (TPSA) is 107 Å². The van der Waals surface area contributed by atoms with Crippen LogP contribution in [0.5, 0.6) is 23.0 Å². The second kappa shape index (κ2) is 13.5. The van der Waals surface area contributed by atoms with Gasteiger partial charge in [-0.1, -0.05) is 72.8 Å². The summed E-state index contributed by atoms with van der Waals surface area (Å²) in [6.45, 7) is 0. The van der Waals surface area contributed by atoms with Crippen molar-refractivity contribution >= 4 is 66.1 Å². The first kappa shape index (κ1) is 31.3. The van der Waals surface area contributed by atoms with E-state index < -0.39 is 22.3 Å². The highest BCUT2D eigenvalue weighted by Gasteiger charge is 2.24. The molecule has 8 rings (SSSR count). The van der Waals surface area contributed by atoms with Crippen LogP contribution in [0.4, 0.5) is 0 Å². The summed E-state index contributed by atoms with van der Waals surface area (Å²) in [6, 6.07) is 40.4. The van der Waals surface area contributed by atoms with Crippen LogP contribution >= 0.6 is 16.5 Å². The van der Waals surface area contributed by atoms with Gasteiger partial charge in [0.2, 0.25) is 5.78 Å². The lowest BCUT2D eigenvalue weighted by Gasteiger charge is -2.13. The number of hydrogen-bond donors (Lipinski definition) is 0. The van der Waals surface area contributed by atoms with Gasteiger partial charge in [-0.05, 0) is 48.5 Å². The van der Waals surface area contributed by atoms with E-state index in [1.54, 1.807) is 36.4 Å². The van der Waals surface area contributed by atoms with Gasteiger partial charge in [0.15, 0.2) is 11.5 Å². The third-order valence-corrected chi connectivity index (χ3v) is 10.1. The van der Waals surface area contributed by atoms with Crippen LogP contribution in [0, 0.1) is 0 Å². The maximum Gasteiger partial charge on any atom is 0.453 e. The Bertz CT molecular complexity index is 2330. The van der Waals surface area contributed by atoms with E-state index in [9.17, 15) is 4.79 Å². The molecule has 0 atom stereocenters. The van der Waals surface area contributed by atoms with Crippen molar-refractivity contribution in [2.45, 2.75) is 0 Å². The summed E-state index contributed by atoms with van der Waals surface area (Å²) >= 11 is 0. The summed E-state index contributed by atoms with van der Waals surface area (Å²) in [6.07, 6.45) is 0. The van der Waals surface area contributed by atoms with E-state index in [0.717, 1.165) is 21.5 Å². The second-order valence-electron chi connectivity index (χ2n) is 11.0. The molecule has 0 saturated heterocycles. The number of ether oxygens (including phenoxy) is 2. The summed E-state index contributed by atoms with van der Waals surface area (Å²) in [4.78, 5) is 14.5. The van der Waals surface area contributed by atoms with Crippen molar-refractivity contribution in [1.29, 1.82) is 0 Å². The van der Waals surface area contributed by atoms with Crippen LogP contribution < -0.4 is 18.5 Å². The number of methoxy groups -OCH3 is 2. The summed E-state index contributed by atoms with van der Waals surface area (Å²) < 4.78 is 48.9. The molecule has 0 N–H and O–H groups in total. The fourth-order valence-corrected chi connectivity index (χ4v) is 7.73. The van der Waals surface area contributed by atoms with Crippen LogP contribution in [0.15, 0.2) is 150 Å². The highest BCUT2D eigenvalue weighted by molar-refractivity contribution is 7.32. The first-order valence-electron chi connectivity index (χ1n) is 15.5. The van der Waals surface area contributed by atoms with Crippen LogP contribution in [0.1, 0.15) is 15.9 Å².